The Balaban J connectivity index is 2.16. The van der Waals surface area contributed by atoms with Crippen molar-refractivity contribution in [3.05, 3.63) is 42.5 Å². The van der Waals surface area contributed by atoms with E-state index >= 15 is 0 Å². The first kappa shape index (κ1) is 17.5. The minimum atomic E-state index is -0.0270. The smallest absolute Gasteiger partial charge is 0.133 e. The molecule has 0 heterocycles. The number of anilines is 1. The molecule has 0 unspecified atom stereocenters. The Morgan fingerprint density at radius 1 is 1.04 bits per heavy atom. The Kier molecular flexibility index (Phi) is 6.62. The van der Waals surface area contributed by atoms with Crippen LogP contribution in [0.4, 0.5) is 5.69 Å². The standard InChI is InChI=1S/C18H23NO3S/c1-13(12-20-3)21-16-9-14(19-2)10-17(11-16)22-15-5-7-18(23-4)8-6-15/h5-11,13,19H,12H2,1-4H3/t13-/m0/s1. The van der Waals surface area contributed by atoms with E-state index in [1.807, 2.05) is 56.4 Å². The van der Waals surface area contributed by atoms with Gasteiger partial charge in [-0.2, -0.15) is 0 Å². The molecule has 23 heavy (non-hydrogen) atoms. The number of benzene rings is 2. The van der Waals surface area contributed by atoms with Crippen LogP contribution in [0.15, 0.2) is 47.4 Å². The van der Waals surface area contributed by atoms with Gasteiger partial charge in [-0.3, -0.25) is 0 Å². The van der Waals surface area contributed by atoms with E-state index in [1.165, 1.54) is 4.90 Å². The van der Waals surface area contributed by atoms with Crippen LogP contribution in [0.25, 0.3) is 0 Å². The third-order valence-electron chi connectivity index (χ3n) is 3.20. The molecule has 0 bridgehead atoms. The maximum atomic E-state index is 5.94. The summed E-state index contributed by atoms with van der Waals surface area (Å²) in [7, 11) is 3.53. The summed E-state index contributed by atoms with van der Waals surface area (Å²) in [5, 5.41) is 3.12. The van der Waals surface area contributed by atoms with Gasteiger partial charge in [0.1, 0.15) is 23.4 Å². The lowest BCUT2D eigenvalue weighted by molar-refractivity contribution is 0.0920. The number of rotatable bonds is 8. The number of methoxy groups -OCH3 is 1. The zero-order chi connectivity index (χ0) is 16.7. The summed E-state index contributed by atoms with van der Waals surface area (Å²) in [6.07, 6.45) is 2.03. The highest BCUT2D eigenvalue weighted by Gasteiger charge is 2.08. The van der Waals surface area contributed by atoms with Gasteiger partial charge in [0.2, 0.25) is 0 Å². The molecule has 0 aromatic heterocycles. The van der Waals surface area contributed by atoms with Crippen molar-refractivity contribution in [1.82, 2.24) is 0 Å². The van der Waals surface area contributed by atoms with E-state index in [0.29, 0.717) is 6.61 Å². The van der Waals surface area contributed by atoms with E-state index in [2.05, 4.69) is 11.6 Å². The molecule has 0 fully saturated rings. The fourth-order valence-corrected chi connectivity index (χ4v) is 2.53. The van der Waals surface area contributed by atoms with Gasteiger partial charge in [-0.05, 0) is 37.4 Å². The van der Waals surface area contributed by atoms with Crippen molar-refractivity contribution >= 4 is 17.4 Å². The second kappa shape index (κ2) is 8.70. The molecule has 1 atom stereocenters. The van der Waals surface area contributed by atoms with Crippen molar-refractivity contribution < 1.29 is 14.2 Å². The van der Waals surface area contributed by atoms with Gasteiger partial charge in [-0.15, -0.1) is 11.8 Å². The molecule has 0 amide bonds. The predicted molar refractivity (Wildman–Crippen MR) is 96.3 cm³/mol. The van der Waals surface area contributed by atoms with Gasteiger partial charge < -0.3 is 19.5 Å². The van der Waals surface area contributed by atoms with Gasteiger partial charge in [0.15, 0.2) is 0 Å². The van der Waals surface area contributed by atoms with Crippen LogP contribution < -0.4 is 14.8 Å². The summed E-state index contributed by atoms with van der Waals surface area (Å²) in [5.74, 6) is 2.28. The summed E-state index contributed by atoms with van der Waals surface area (Å²) < 4.78 is 16.9. The molecule has 2 aromatic rings. The molecule has 0 aliphatic carbocycles. The normalized spacial score (nSPS) is 11.8. The van der Waals surface area contributed by atoms with Gasteiger partial charge in [0, 0.05) is 42.9 Å². The summed E-state index contributed by atoms with van der Waals surface area (Å²) in [4.78, 5) is 1.21. The summed E-state index contributed by atoms with van der Waals surface area (Å²) in [6, 6.07) is 13.8. The maximum Gasteiger partial charge on any atom is 0.133 e. The Labute approximate surface area is 142 Å². The molecule has 0 aliphatic heterocycles. The van der Waals surface area contributed by atoms with Crippen molar-refractivity contribution in [2.24, 2.45) is 0 Å². The molecule has 2 rings (SSSR count). The Bertz CT molecular complexity index is 616. The second-order valence-corrected chi connectivity index (χ2v) is 5.98. The maximum absolute atomic E-state index is 5.94. The zero-order valence-corrected chi connectivity index (χ0v) is 14.8. The highest BCUT2D eigenvalue weighted by Crippen LogP contribution is 2.31. The summed E-state index contributed by atoms with van der Waals surface area (Å²) in [5.41, 5.74) is 0.933. The molecule has 0 saturated carbocycles. The highest BCUT2D eigenvalue weighted by atomic mass is 32.2. The van der Waals surface area contributed by atoms with Crippen LogP contribution in [-0.4, -0.2) is 33.1 Å². The van der Waals surface area contributed by atoms with Gasteiger partial charge in [0.05, 0.1) is 6.61 Å². The molecular formula is C18H23NO3S. The van der Waals surface area contributed by atoms with Crippen molar-refractivity contribution in [3.8, 4) is 17.2 Å². The fraction of sp³-hybridized carbons (Fsp3) is 0.333. The quantitative estimate of drug-likeness (QED) is 0.712. The number of hydrogen-bond donors (Lipinski definition) is 1. The third kappa shape index (κ3) is 5.37. The van der Waals surface area contributed by atoms with E-state index < -0.39 is 0 Å². The zero-order valence-electron chi connectivity index (χ0n) is 14.0. The number of ether oxygens (including phenoxy) is 3. The Morgan fingerprint density at radius 3 is 2.35 bits per heavy atom. The van der Waals surface area contributed by atoms with Crippen LogP contribution in [0.2, 0.25) is 0 Å². The monoisotopic (exact) mass is 333 g/mol. The molecule has 2 aromatic carbocycles. The van der Waals surface area contributed by atoms with Crippen LogP contribution >= 0.6 is 11.8 Å². The lowest BCUT2D eigenvalue weighted by atomic mass is 10.2. The van der Waals surface area contributed by atoms with Crippen LogP contribution in [0.3, 0.4) is 0 Å². The number of nitrogens with one attached hydrogen (secondary N) is 1. The third-order valence-corrected chi connectivity index (χ3v) is 3.95. The van der Waals surface area contributed by atoms with Crippen molar-refractivity contribution in [3.63, 3.8) is 0 Å². The van der Waals surface area contributed by atoms with E-state index in [9.17, 15) is 0 Å². The molecule has 0 saturated heterocycles. The van der Waals surface area contributed by atoms with Crippen LogP contribution in [0, 0.1) is 0 Å². The second-order valence-electron chi connectivity index (χ2n) is 5.10. The summed E-state index contributed by atoms with van der Waals surface area (Å²) in [6.45, 7) is 2.51. The van der Waals surface area contributed by atoms with E-state index in [-0.39, 0.29) is 6.10 Å². The SMILES string of the molecule is CNc1cc(Oc2ccc(SC)cc2)cc(O[C@@H](C)COC)c1. The van der Waals surface area contributed by atoms with Gasteiger partial charge in [-0.1, -0.05) is 0 Å². The molecule has 0 radical (unpaired) electrons. The largest absolute Gasteiger partial charge is 0.488 e. The van der Waals surface area contributed by atoms with Gasteiger partial charge in [0.25, 0.3) is 0 Å². The Morgan fingerprint density at radius 2 is 1.74 bits per heavy atom. The molecule has 0 spiro atoms. The molecular weight excluding hydrogens is 310 g/mol. The average molecular weight is 333 g/mol. The van der Waals surface area contributed by atoms with Crippen LogP contribution in [0.5, 0.6) is 17.2 Å². The molecule has 124 valence electrons. The van der Waals surface area contributed by atoms with Crippen molar-refractivity contribution in [2.75, 3.05) is 32.3 Å². The fourth-order valence-electron chi connectivity index (χ4n) is 2.12. The lowest BCUT2D eigenvalue weighted by Crippen LogP contribution is -2.18. The van der Waals surface area contributed by atoms with Crippen LogP contribution in [-0.2, 0) is 4.74 Å². The minimum absolute atomic E-state index is 0.0270. The predicted octanol–water partition coefficient (Wildman–Crippen LogP) is 4.66. The van der Waals surface area contributed by atoms with E-state index in [0.717, 1.165) is 22.9 Å². The van der Waals surface area contributed by atoms with Gasteiger partial charge >= 0.3 is 0 Å². The highest BCUT2D eigenvalue weighted by molar-refractivity contribution is 7.98. The number of thioether (sulfide) groups is 1. The van der Waals surface area contributed by atoms with Crippen molar-refractivity contribution in [2.45, 2.75) is 17.9 Å². The van der Waals surface area contributed by atoms with E-state index in [1.54, 1.807) is 18.9 Å². The van der Waals surface area contributed by atoms with Gasteiger partial charge in [-0.25, -0.2) is 0 Å². The average Bonchev–Trinajstić information content (AvgIpc) is 2.55. The summed E-state index contributed by atoms with van der Waals surface area (Å²) >= 11 is 1.71. The minimum Gasteiger partial charge on any atom is -0.488 e. The molecule has 1 N–H and O–H groups in total. The first-order valence-corrected chi connectivity index (χ1v) is 8.67. The lowest BCUT2D eigenvalue weighted by Gasteiger charge is -2.16. The molecule has 4 nitrogen and oxygen atoms in total. The first-order chi connectivity index (χ1) is 11.1. The first-order valence-electron chi connectivity index (χ1n) is 7.45. The topological polar surface area (TPSA) is 39.7 Å². The van der Waals surface area contributed by atoms with E-state index in [4.69, 9.17) is 14.2 Å². The number of hydrogen-bond acceptors (Lipinski definition) is 5. The van der Waals surface area contributed by atoms with Crippen LogP contribution in [0.1, 0.15) is 6.92 Å². The Hall–Kier alpha value is -1.85. The molecule has 0 aliphatic rings. The van der Waals surface area contributed by atoms with Crippen molar-refractivity contribution in [1.29, 1.82) is 0 Å². The molecule has 5 heteroatoms.